The van der Waals surface area contributed by atoms with Crippen LogP contribution >= 0.6 is 0 Å². The minimum atomic E-state index is -0.571. The second-order valence-electron chi connectivity index (χ2n) is 6.80. The summed E-state index contributed by atoms with van der Waals surface area (Å²) in [6, 6.07) is 7.60. The molecule has 1 saturated heterocycles. The molecule has 3 aromatic rings. The quantitative estimate of drug-likeness (QED) is 0.358. The summed E-state index contributed by atoms with van der Waals surface area (Å²) in [5, 5.41) is 8.92. The van der Waals surface area contributed by atoms with Gasteiger partial charge in [0.15, 0.2) is 11.5 Å². The summed E-state index contributed by atoms with van der Waals surface area (Å²) >= 11 is 0. The topological polar surface area (TPSA) is 79.9 Å². The zero-order valence-electron chi connectivity index (χ0n) is 16.9. The third kappa shape index (κ3) is 4.84. The Bertz CT molecular complexity index is 1150. The van der Waals surface area contributed by atoms with Gasteiger partial charge in [-0.05, 0) is 23.8 Å². The molecule has 0 bridgehead atoms. The van der Waals surface area contributed by atoms with Crippen LogP contribution in [-0.2, 0) is 4.74 Å². The number of anilines is 2. The number of hydrazone groups is 1. The molecule has 1 fully saturated rings. The molecule has 158 valence electrons. The Balaban J connectivity index is 1.70. The van der Waals surface area contributed by atoms with Crippen molar-refractivity contribution < 1.29 is 9.13 Å². The summed E-state index contributed by atoms with van der Waals surface area (Å²) in [6.45, 7) is 9.64. The second-order valence-corrected chi connectivity index (χ2v) is 6.80. The fraction of sp³-hybridized carbons (Fsp3) is 0.182. The molecule has 0 radical (unpaired) electrons. The molecule has 0 amide bonds. The number of aromatic nitrogens is 4. The van der Waals surface area contributed by atoms with Crippen molar-refractivity contribution in [3.8, 4) is 11.3 Å². The maximum Gasteiger partial charge on any atom is 0.160 e. The summed E-state index contributed by atoms with van der Waals surface area (Å²) < 4.78 is 20.3. The van der Waals surface area contributed by atoms with Crippen LogP contribution in [0.1, 0.15) is 0 Å². The van der Waals surface area contributed by atoms with Gasteiger partial charge in [0, 0.05) is 43.2 Å². The Morgan fingerprint density at radius 1 is 1.23 bits per heavy atom. The van der Waals surface area contributed by atoms with Crippen molar-refractivity contribution in [1.29, 1.82) is 0 Å². The number of rotatable bonds is 7. The van der Waals surface area contributed by atoms with Crippen LogP contribution in [0.5, 0.6) is 0 Å². The van der Waals surface area contributed by atoms with Gasteiger partial charge in [0.25, 0.3) is 0 Å². The molecule has 9 heteroatoms. The van der Waals surface area contributed by atoms with Crippen molar-refractivity contribution in [3.05, 3.63) is 73.4 Å². The lowest BCUT2D eigenvalue weighted by Crippen LogP contribution is -2.37. The van der Waals surface area contributed by atoms with Crippen molar-refractivity contribution in [2.75, 3.05) is 36.6 Å². The van der Waals surface area contributed by atoms with Crippen LogP contribution in [0, 0.1) is 0 Å². The Kier molecular flexibility index (Phi) is 6.13. The van der Waals surface area contributed by atoms with Crippen molar-refractivity contribution in [2.24, 2.45) is 5.10 Å². The summed E-state index contributed by atoms with van der Waals surface area (Å²) in [5.41, 5.74) is 5.82. The van der Waals surface area contributed by atoms with E-state index in [4.69, 9.17) is 9.84 Å². The normalized spacial score (nSPS) is 14.9. The van der Waals surface area contributed by atoms with Crippen LogP contribution in [0.2, 0.25) is 0 Å². The van der Waals surface area contributed by atoms with E-state index in [1.807, 2.05) is 28.8 Å². The largest absolute Gasteiger partial charge is 0.378 e. The number of ether oxygens (including phenoxy) is 1. The highest BCUT2D eigenvalue weighted by atomic mass is 19.1. The predicted molar refractivity (Wildman–Crippen MR) is 120 cm³/mol. The maximum absolute atomic E-state index is 13.0. The number of nitrogens with zero attached hydrogens (tertiary/aromatic N) is 6. The molecule has 0 spiro atoms. The minimum absolute atomic E-state index is 0.485. The smallest absolute Gasteiger partial charge is 0.160 e. The molecule has 0 saturated carbocycles. The molecule has 1 N–H and O–H groups in total. The fourth-order valence-corrected chi connectivity index (χ4v) is 3.20. The van der Waals surface area contributed by atoms with Crippen molar-refractivity contribution in [1.82, 2.24) is 19.6 Å². The van der Waals surface area contributed by atoms with E-state index in [9.17, 15) is 4.39 Å². The van der Waals surface area contributed by atoms with E-state index >= 15 is 0 Å². The minimum Gasteiger partial charge on any atom is -0.378 e. The van der Waals surface area contributed by atoms with Crippen molar-refractivity contribution in [3.63, 3.8) is 0 Å². The molecule has 4 rings (SSSR count). The van der Waals surface area contributed by atoms with E-state index in [-0.39, 0.29) is 0 Å². The number of pyridine rings is 1. The Morgan fingerprint density at radius 3 is 2.71 bits per heavy atom. The third-order valence-electron chi connectivity index (χ3n) is 4.67. The number of hydrogen-bond donors (Lipinski definition) is 1. The summed E-state index contributed by atoms with van der Waals surface area (Å²) in [6.07, 6.45) is 7.65. The monoisotopic (exact) mass is 419 g/mol. The van der Waals surface area contributed by atoms with Gasteiger partial charge in [-0.2, -0.15) is 14.7 Å². The molecule has 3 aromatic heterocycles. The van der Waals surface area contributed by atoms with E-state index in [2.05, 4.69) is 38.6 Å². The average Bonchev–Trinajstić information content (AvgIpc) is 3.23. The molecule has 8 nitrogen and oxygen atoms in total. The molecule has 4 heterocycles. The van der Waals surface area contributed by atoms with E-state index in [0.29, 0.717) is 30.3 Å². The lowest BCUT2D eigenvalue weighted by atomic mass is 10.2. The lowest BCUT2D eigenvalue weighted by molar-refractivity contribution is 0.122. The van der Waals surface area contributed by atoms with Gasteiger partial charge in [-0.15, -0.1) is 0 Å². The first-order valence-electron chi connectivity index (χ1n) is 9.75. The Morgan fingerprint density at radius 2 is 2.00 bits per heavy atom. The number of morpholine rings is 1. The van der Waals surface area contributed by atoms with E-state index in [1.165, 1.54) is 18.4 Å². The first kappa shape index (κ1) is 20.4. The van der Waals surface area contributed by atoms with Gasteiger partial charge in [-0.25, -0.2) is 9.37 Å². The third-order valence-corrected chi connectivity index (χ3v) is 4.67. The highest BCUT2D eigenvalue weighted by Crippen LogP contribution is 2.25. The summed E-state index contributed by atoms with van der Waals surface area (Å²) in [7, 11) is 0. The molecule has 1 aliphatic heterocycles. The molecule has 0 aromatic carbocycles. The molecular weight excluding hydrogens is 397 g/mol. The number of fused-ring (bicyclic) bond motifs is 1. The first-order valence-corrected chi connectivity index (χ1v) is 9.75. The average molecular weight is 419 g/mol. The molecule has 0 atom stereocenters. The number of hydrogen-bond acceptors (Lipinski definition) is 7. The first-order chi connectivity index (χ1) is 15.1. The molecule has 1 aliphatic rings. The van der Waals surface area contributed by atoms with Crippen LogP contribution in [0.4, 0.5) is 16.0 Å². The zero-order chi connectivity index (χ0) is 21.6. The SMILES string of the molecule is C=CC(/C=N/Nc1cc(N2CCOCC2)n2nc(-c3ccncc3)cc2n1)=C\C(=C)F. The van der Waals surface area contributed by atoms with Gasteiger partial charge in [0.1, 0.15) is 11.6 Å². The predicted octanol–water partition coefficient (Wildman–Crippen LogP) is 3.62. The zero-order valence-corrected chi connectivity index (χ0v) is 16.9. The number of allylic oxidation sites excluding steroid dienone is 4. The molecule has 0 unspecified atom stereocenters. The van der Waals surface area contributed by atoms with Gasteiger partial charge in [-0.1, -0.05) is 19.2 Å². The van der Waals surface area contributed by atoms with Crippen LogP contribution in [0.15, 0.2) is 78.5 Å². The van der Waals surface area contributed by atoms with E-state index in [1.54, 1.807) is 12.4 Å². The van der Waals surface area contributed by atoms with Crippen molar-refractivity contribution in [2.45, 2.75) is 0 Å². The molecular formula is C22H22FN7O. The van der Waals surface area contributed by atoms with Crippen LogP contribution in [0.25, 0.3) is 16.9 Å². The van der Waals surface area contributed by atoms with Gasteiger partial charge in [0.05, 0.1) is 25.1 Å². The van der Waals surface area contributed by atoms with E-state index < -0.39 is 5.83 Å². The standard InChI is InChI=1S/C22H22FN7O/c1-3-17(12-16(2)23)15-25-27-20-14-22(29-8-10-31-11-9-29)30-21(26-20)13-19(28-30)18-4-6-24-7-5-18/h3-7,12-15H,1-2,8-11H2,(H,26,27)/b17-12+,25-15+. The van der Waals surface area contributed by atoms with Gasteiger partial charge >= 0.3 is 0 Å². The molecule has 31 heavy (non-hydrogen) atoms. The summed E-state index contributed by atoms with van der Waals surface area (Å²) in [5.74, 6) is 0.843. The Labute approximate surface area is 179 Å². The van der Waals surface area contributed by atoms with Gasteiger partial charge in [-0.3, -0.25) is 10.4 Å². The summed E-state index contributed by atoms with van der Waals surface area (Å²) in [4.78, 5) is 10.9. The maximum atomic E-state index is 13.0. The van der Waals surface area contributed by atoms with Crippen molar-refractivity contribution >= 4 is 23.5 Å². The second kappa shape index (κ2) is 9.31. The van der Waals surface area contributed by atoms with Crippen LogP contribution < -0.4 is 10.3 Å². The number of nitrogens with one attached hydrogen (secondary N) is 1. The van der Waals surface area contributed by atoms with Crippen LogP contribution in [0.3, 0.4) is 0 Å². The lowest BCUT2D eigenvalue weighted by Gasteiger charge is -2.29. The Hall–Kier alpha value is -3.85. The highest BCUT2D eigenvalue weighted by Gasteiger charge is 2.18. The highest BCUT2D eigenvalue weighted by molar-refractivity contribution is 5.83. The van der Waals surface area contributed by atoms with Crippen LogP contribution in [-0.4, -0.2) is 52.1 Å². The van der Waals surface area contributed by atoms with E-state index in [0.717, 1.165) is 30.2 Å². The van der Waals surface area contributed by atoms with Gasteiger partial charge < -0.3 is 9.64 Å². The molecule has 0 aliphatic carbocycles. The number of halogens is 1. The fourth-order valence-electron chi connectivity index (χ4n) is 3.20. The van der Waals surface area contributed by atoms with Gasteiger partial charge in [0.2, 0.25) is 0 Å².